The van der Waals surface area contributed by atoms with Gasteiger partial charge in [0.1, 0.15) is 5.75 Å². The third-order valence-corrected chi connectivity index (χ3v) is 4.69. The van der Waals surface area contributed by atoms with E-state index >= 15 is 0 Å². The van der Waals surface area contributed by atoms with Gasteiger partial charge in [0.05, 0.1) is 12.8 Å². The number of carbonyl (C=O) groups is 2. The Labute approximate surface area is 167 Å². The van der Waals surface area contributed by atoms with Crippen molar-refractivity contribution in [3.8, 4) is 5.75 Å². The van der Waals surface area contributed by atoms with Crippen LogP contribution < -0.4 is 9.64 Å². The average Bonchev–Trinajstić information content (AvgIpc) is 2.66. The fourth-order valence-electron chi connectivity index (χ4n) is 3.15. The molecule has 2 aromatic carbocycles. The lowest BCUT2D eigenvalue weighted by atomic mass is 10.1. The molecule has 0 saturated carbocycles. The second-order valence-corrected chi connectivity index (χ2v) is 7.20. The molecule has 2 amide bonds. The number of anilines is 1. The Morgan fingerprint density at radius 2 is 1.75 bits per heavy atom. The first kappa shape index (κ1) is 21.5. The zero-order chi connectivity index (χ0) is 20.7. The highest BCUT2D eigenvalue weighted by molar-refractivity contribution is 5.94. The van der Waals surface area contributed by atoms with E-state index in [0.717, 1.165) is 11.1 Å². The van der Waals surface area contributed by atoms with Crippen molar-refractivity contribution < 1.29 is 14.3 Å². The van der Waals surface area contributed by atoms with Crippen LogP contribution in [-0.2, 0) is 16.1 Å². The molecule has 0 spiro atoms. The van der Waals surface area contributed by atoms with Crippen molar-refractivity contribution in [3.63, 3.8) is 0 Å². The van der Waals surface area contributed by atoms with Crippen LogP contribution in [0.2, 0.25) is 0 Å². The molecule has 5 nitrogen and oxygen atoms in total. The number of ether oxygens (including phenoxy) is 1. The molecule has 0 radical (unpaired) electrons. The van der Waals surface area contributed by atoms with Crippen LogP contribution >= 0.6 is 0 Å². The summed E-state index contributed by atoms with van der Waals surface area (Å²) < 4.78 is 5.41. The number of aryl methyl sites for hydroxylation is 1. The van der Waals surface area contributed by atoms with Gasteiger partial charge in [0.15, 0.2) is 0 Å². The number of nitrogens with zero attached hydrogens (tertiary/aromatic N) is 2. The highest BCUT2D eigenvalue weighted by atomic mass is 16.5. The highest BCUT2D eigenvalue weighted by Crippen LogP contribution is 2.29. The molecule has 0 aliphatic heterocycles. The minimum absolute atomic E-state index is 0.0247. The van der Waals surface area contributed by atoms with E-state index < -0.39 is 0 Å². The molecule has 2 rings (SSSR count). The minimum Gasteiger partial charge on any atom is -0.495 e. The second kappa shape index (κ2) is 9.93. The summed E-state index contributed by atoms with van der Waals surface area (Å²) >= 11 is 0. The summed E-state index contributed by atoms with van der Waals surface area (Å²) in [6.45, 7) is 8.36. The molecule has 150 valence electrons. The maximum absolute atomic E-state index is 12.9. The maximum atomic E-state index is 12.9. The summed E-state index contributed by atoms with van der Waals surface area (Å²) in [5.74, 6) is 0.533. The van der Waals surface area contributed by atoms with Gasteiger partial charge in [-0.25, -0.2) is 0 Å². The van der Waals surface area contributed by atoms with Crippen LogP contribution in [0.25, 0.3) is 0 Å². The molecule has 0 saturated heterocycles. The van der Waals surface area contributed by atoms with E-state index in [0.29, 0.717) is 24.5 Å². The Kier molecular flexibility index (Phi) is 7.61. The fraction of sp³-hybridized carbons (Fsp3) is 0.391. The van der Waals surface area contributed by atoms with E-state index in [-0.39, 0.29) is 24.3 Å². The number of methoxy groups -OCH3 is 1. The van der Waals surface area contributed by atoms with Crippen molar-refractivity contribution in [3.05, 3.63) is 59.7 Å². The van der Waals surface area contributed by atoms with Crippen molar-refractivity contribution in [1.82, 2.24) is 4.90 Å². The number of benzene rings is 2. The first-order chi connectivity index (χ1) is 13.3. The topological polar surface area (TPSA) is 49.9 Å². The van der Waals surface area contributed by atoms with Gasteiger partial charge in [-0.05, 0) is 44.0 Å². The lowest BCUT2D eigenvalue weighted by Crippen LogP contribution is -2.39. The van der Waals surface area contributed by atoms with E-state index in [9.17, 15) is 9.59 Å². The highest BCUT2D eigenvalue weighted by Gasteiger charge is 2.21. The lowest BCUT2D eigenvalue weighted by molar-refractivity contribution is -0.133. The van der Waals surface area contributed by atoms with Gasteiger partial charge >= 0.3 is 0 Å². The smallest absolute Gasteiger partial charge is 0.224 e. The first-order valence-electron chi connectivity index (χ1n) is 9.59. The zero-order valence-electron chi connectivity index (χ0n) is 17.4. The predicted molar refractivity (Wildman–Crippen MR) is 113 cm³/mol. The van der Waals surface area contributed by atoms with Crippen molar-refractivity contribution in [2.45, 2.75) is 46.7 Å². The molecule has 5 heteroatoms. The van der Waals surface area contributed by atoms with Crippen LogP contribution in [0.3, 0.4) is 0 Å². The Balaban J connectivity index is 2.14. The summed E-state index contributed by atoms with van der Waals surface area (Å²) in [5.41, 5.74) is 2.82. The van der Waals surface area contributed by atoms with Gasteiger partial charge in [-0.2, -0.15) is 0 Å². The Hall–Kier alpha value is -2.82. The molecule has 2 aromatic rings. The van der Waals surface area contributed by atoms with Crippen molar-refractivity contribution in [2.24, 2.45) is 0 Å². The van der Waals surface area contributed by atoms with Crippen LogP contribution in [0.1, 0.15) is 38.3 Å². The van der Waals surface area contributed by atoms with Crippen LogP contribution in [-0.4, -0.2) is 36.4 Å². The van der Waals surface area contributed by atoms with Crippen LogP contribution in [0, 0.1) is 6.92 Å². The molecule has 0 heterocycles. The van der Waals surface area contributed by atoms with Crippen molar-refractivity contribution >= 4 is 17.5 Å². The molecule has 0 aliphatic rings. The summed E-state index contributed by atoms with van der Waals surface area (Å²) in [5, 5.41) is 0. The van der Waals surface area contributed by atoms with Gasteiger partial charge in [-0.1, -0.05) is 36.4 Å². The normalized spacial score (nSPS) is 10.6. The van der Waals surface area contributed by atoms with E-state index in [2.05, 4.69) is 0 Å². The summed E-state index contributed by atoms with van der Waals surface area (Å²) in [7, 11) is 1.58. The molecule has 0 bridgehead atoms. The van der Waals surface area contributed by atoms with Crippen LogP contribution in [0.15, 0.2) is 48.5 Å². The number of hydrogen-bond donors (Lipinski definition) is 0. The predicted octanol–water partition coefficient (Wildman–Crippen LogP) is 4.18. The molecule has 0 aliphatic carbocycles. The van der Waals surface area contributed by atoms with Gasteiger partial charge < -0.3 is 14.5 Å². The second-order valence-electron chi connectivity index (χ2n) is 7.20. The standard InChI is InChI=1S/C23H30N2O3/c1-17(2)25(16-20-9-7-6-8-10-20)23(27)13-14-24(19(4)26)21-15-18(3)11-12-22(21)28-5/h6-12,15,17H,13-14,16H2,1-5H3. The van der Waals surface area contributed by atoms with Crippen molar-refractivity contribution in [2.75, 3.05) is 18.6 Å². The third-order valence-electron chi connectivity index (χ3n) is 4.69. The molecule has 0 unspecified atom stereocenters. The molecule has 0 aromatic heterocycles. The van der Waals surface area contributed by atoms with E-state index in [1.807, 2.05) is 74.2 Å². The Morgan fingerprint density at radius 1 is 1.07 bits per heavy atom. The molecule has 0 N–H and O–H groups in total. The van der Waals surface area contributed by atoms with Gasteiger partial charge in [-0.15, -0.1) is 0 Å². The first-order valence-corrected chi connectivity index (χ1v) is 9.59. The molecule has 0 atom stereocenters. The number of carbonyl (C=O) groups excluding carboxylic acids is 2. The van der Waals surface area contributed by atoms with Gasteiger partial charge in [0, 0.05) is 32.5 Å². The van der Waals surface area contributed by atoms with Gasteiger partial charge in [0.25, 0.3) is 0 Å². The maximum Gasteiger partial charge on any atom is 0.224 e. The van der Waals surface area contributed by atoms with E-state index in [1.54, 1.807) is 12.0 Å². The molecule has 28 heavy (non-hydrogen) atoms. The Morgan fingerprint density at radius 3 is 2.32 bits per heavy atom. The number of amides is 2. The van der Waals surface area contributed by atoms with Gasteiger partial charge in [-0.3, -0.25) is 9.59 Å². The summed E-state index contributed by atoms with van der Waals surface area (Å²) in [4.78, 5) is 28.7. The van der Waals surface area contributed by atoms with E-state index in [4.69, 9.17) is 4.74 Å². The summed E-state index contributed by atoms with van der Waals surface area (Å²) in [6, 6.07) is 15.7. The van der Waals surface area contributed by atoms with Crippen LogP contribution in [0.4, 0.5) is 5.69 Å². The molecule has 0 fully saturated rings. The average molecular weight is 383 g/mol. The zero-order valence-corrected chi connectivity index (χ0v) is 17.4. The lowest BCUT2D eigenvalue weighted by Gasteiger charge is -2.29. The number of hydrogen-bond acceptors (Lipinski definition) is 3. The summed E-state index contributed by atoms with van der Waals surface area (Å²) in [6.07, 6.45) is 0.252. The minimum atomic E-state index is -0.115. The largest absolute Gasteiger partial charge is 0.495 e. The van der Waals surface area contributed by atoms with Crippen molar-refractivity contribution in [1.29, 1.82) is 0 Å². The van der Waals surface area contributed by atoms with E-state index in [1.165, 1.54) is 6.92 Å². The SMILES string of the molecule is COc1ccc(C)cc1N(CCC(=O)N(Cc1ccccc1)C(C)C)C(C)=O. The monoisotopic (exact) mass is 382 g/mol. The van der Waals surface area contributed by atoms with Crippen LogP contribution in [0.5, 0.6) is 5.75 Å². The number of rotatable bonds is 8. The Bertz CT molecular complexity index is 803. The fourth-order valence-corrected chi connectivity index (χ4v) is 3.15. The third kappa shape index (κ3) is 5.59. The van der Waals surface area contributed by atoms with Gasteiger partial charge in [0.2, 0.25) is 11.8 Å². The molecular weight excluding hydrogens is 352 g/mol. The molecular formula is C23H30N2O3. The quantitative estimate of drug-likeness (QED) is 0.688.